The third kappa shape index (κ3) is 2.90. The lowest BCUT2D eigenvalue weighted by Crippen LogP contribution is -1.99. The fourth-order valence-electron chi connectivity index (χ4n) is 2.32. The van der Waals surface area contributed by atoms with Crippen molar-refractivity contribution in [1.82, 2.24) is 19.9 Å². The van der Waals surface area contributed by atoms with Crippen LogP contribution in [0.15, 0.2) is 56.1 Å². The normalized spacial score (nSPS) is 11.2. The Morgan fingerprint density at radius 3 is 2.92 bits per heavy atom. The maximum Gasteiger partial charge on any atom is 0.200 e. The summed E-state index contributed by atoms with van der Waals surface area (Å²) in [4.78, 5) is 1.08. The second-order valence-electron chi connectivity index (χ2n) is 4.98. The Balaban J connectivity index is 1.50. The minimum absolute atomic E-state index is 0.672. The zero-order valence-corrected chi connectivity index (χ0v) is 14.5. The van der Waals surface area contributed by atoms with Crippen LogP contribution in [0.1, 0.15) is 12.6 Å². The highest BCUT2D eigenvalue weighted by Gasteiger charge is 2.16. The number of hydrogen-bond donors (Lipinski definition) is 0. The standard InChI is InChI=1S/C16H14N4O2S2/c1-2-20-15(12-5-3-7-21-12)17-18-16(20)24-10-11-9-13(22-19-11)14-6-4-8-23-14/h3-9H,2,10H2,1H3. The summed E-state index contributed by atoms with van der Waals surface area (Å²) in [7, 11) is 0. The van der Waals surface area contributed by atoms with E-state index in [0.29, 0.717) is 5.75 Å². The van der Waals surface area contributed by atoms with Crippen molar-refractivity contribution in [3.63, 3.8) is 0 Å². The molecular weight excluding hydrogens is 344 g/mol. The predicted molar refractivity (Wildman–Crippen MR) is 92.8 cm³/mol. The quantitative estimate of drug-likeness (QED) is 0.470. The molecule has 122 valence electrons. The molecule has 0 saturated carbocycles. The smallest absolute Gasteiger partial charge is 0.200 e. The van der Waals surface area contributed by atoms with Crippen LogP contribution in [-0.4, -0.2) is 19.9 Å². The SMILES string of the molecule is CCn1c(SCc2cc(-c3cccs3)on2)nnc1-c1ccco1. The van der Waals surface area contributed by atoms with E-state index in [2.05, 4.69) is 22.3 Å². The van der Waals surface area contributed by atoms with E-state index >= 15 is 0 Å². The largest absolute Gasteiger partial charge is 0.461 e. The van der Waals surface area contributed by atoms with E-state index in [4.69, 9.17) is 8.94 Å². The van der Waals surface area contributed by atoms with Gasteiger partial charge in [0.15, 0.2) is 22.5 Å². The molecule has 0 atom stereocenters. The van der Waals surface area contributed by atoms with E-state index < -0.39 is 0 Å². The van der Waals surface area contributed by atoms with Crippen LogP contribution >= 0.6 is 23.1 Å². The number of aromatic nitrogens is 4. The van der Waals surface area contributed by atoms with Gasteiger partial charge in [0.1, 0.15) is 0 Å². The summed E-state index contributed by atoms with van der Waals surface area (Å²) in [5.41, 5.74) is 0.883. The van der Waals surface area contributed by atoms with Gasteiger partial charge in [-0.05, 0) is 30.5 Å². The van der Waals surface area contributed by atoms with Gasteiger partial charge >= 0.3 is 0 Å². The Kier molecular flexibility index (Phi) is 4.22. The van der Waals surface area contributed by atoms with Crippen LogP contribution in [0.2, 0.25) is 0 Å². The van der Waals surface area contributed by atoms with Crippen LogP contribution < -0.4 is 0 Å². The lowest BCUT2D eigenvalue weighted by atomic mass is 10.3. The summed E-state index contributed by atoms with van der Waals surface area (Å²) in [6, 6.07) is 9.72. The minimum atomic E-state index is 0.672. The third-order valence-electron chi connectivity index (χ3n) is 3.45. The van der Waals surface area contributed by atoms with Crippen LogP contribution in [0.3, 0.4) is 0 Å². The fraction of sp³-hybridized carbons (Fsp3) is 0.188. The van der Waals surface area contributed by atoms with Crippen molar-refractivity contribution in [2.24, 2.45) is 0 Å². The number of hydrogen-bond acceptors (Lipinski definition) is 7. The lowest BCUT2D eigenvalue weighted by molar-refractivity contribution is 0.427. The second-order valence-corrected chi connectivity index (χ2v) is 6.87. The third-order valence-corrected chi connectivity index (χ3v) is 5.33. The van der Waals surface area contributed by atoms with Gasteiger partial charge in [-0.1, -0.05) is 23.0 Å². The van der Waals surface area contributed by atoms with Gasteiger partial charge in [0.05, 0.1) is 16.8 Å². The highest BCUT2D eigenvalue weighted by atomic mass is 32.2. The van der Waals surface area contributed by atoms with Crippen molar-refractivity contribution in [2.75, 3.05) is 0 Å². The minimum Gasteiger partial charge on any atom is -0.461 e. The molecule has 0 amide bonds. The summed E-state index contributed by atoms with van der Waals surface area (Å²) in [5, 5.41) is 15.5. The average molecular weight is 358 g/mol. The van der Waals surface area contributed by atoms with Crippen LogP contribution in [0.25, 0.3) is 22.2 Å². The molecule has 0 spiro atoms. The van der Waals surface area contributed by atoms with E-state index in [9.17, 15) is 0 Å². The molecule has 0 aliphatic heterocycles. The number of rotatable bonds is 6. The number of thiophene rings is 1. The van der Waals surface area contributed by atoms with Crippen LogP contribution in [0.4, 0.5) is 0 Å². The Labute approximate surface area is 146 Å². The molecule has 0 aliphatic rings. The van der Waals surface area contributed by atoms with Gasteiger partial charge in [-0.2, -0.15) is 0 Å². The summed E-state index contributed by atoms with van der Waals surface area (Å²) in [6.45, 7) is 2.83. The zero-order chi connectivity index (χ0) is 16.4. The van der Waals surface area contributed by atoms with Crippen molar-refractivity contribution >= 4 is 23.1 Å². The molecule has 0 bridgehead atoms. The van der Waals surface area contributed by atoms with E-state index in [1.54, 1.807) is 29.4 Å². The van der Waals surface area contributed by atoms with Gasteiger partial charge in [0.2, 0.25) is 0 Å². The topological polar surface area (TPSA) is 69.9 Å². The molecule has 0 radical (unpaired) electrons. The van der Waals surface area contributed by atoms with E-state index in [0.717, 1.165) is 39.6 Å². The molecule has 24 heavy (non-hydrogen) atoms. The number of thioether (sulfide) groups is 1. The zero-order valence-electron chi connectivity index (χ0n) is 12.9. The number of furan rings is 1. The Morgan fingerprint density at radius 2 is 2.17 bits per heavy atom. The lowest BCUT2D eigenvalue weighted by Gasteiger charge is -2.04. The molecule has 6 nitrogen and oxygen atoms in total. The molecule has 0 aromatic carbocycles. The van der Waals surface area contributed by atoms with Crippen molar-refractivity contribution < 1.29 is 8.94 Å². The summed E-state index contributed by atoms with van der Waals surface area (Å²) in [6.07, 6.45) is 1.64. The second kappa shape index (κ2) is 6.66. The first-order valence-electron chi connectivity index (χ1n) is 7.44. The Morgan fingerprint density at radius 1 is 1.21 bits per heavy atom. The van der Waals surface area contributed by atoms with Gasteiger partial charge in [0.25, 0.3) is 0 Å². The van der Waals surface area contributed by atoms with Gasteiger partial charge in [0, 0.05) is 18.4 Å². The molecule has 4 rings (SSSR count). The molecule has 0 aliphatic carbocycles. The highest BCUT2D eigenvalue weighted by Crippen LogP contribution is 2.29. The molecule has 0 unspecified atom stereocenters. The van der Waals surface area contributed by atoms with E-state index in [1.807, 2.05) is 40.3 Å². The van der Waals surface area contributed by atoms with Crippen molar-refractivity contribution in [1.29, 1.82) is 0 Å². The predicted octanol–water partition coefficient (Wildman–Crippen LogP) is 4.57. The van der Waals surface area contributed by atoms with E-state index in [-0.39, 0.29) is 0 Å². The van der Waals surface area contributed by atoms with Crippen molar-refractivity contribution in [3.8, 4) is 22.2 Å². The first-order valence-corrected chi connectivity index (χ1v) is 9.31. The first kappa shape index (κ1) is 15.2. The van der Waals surface area contributed by atoms with Crippen LogP contribution in [0, 0.1) is 0 Å². The Bertz CT molecular complexity index is 910. The molecular formula is C16H14N4O2S2. The molecule has 0 saturated heterocycles. The Hall–Kier alpha value is -2.32. The van der Waals surface area contributed by atoms with Gasteiger partial charge in [-0.3, -0.25) is 4.57 Å². The van der Waals surface area contributed by atoms with Crippen LogP contribution in [-0.2, 0) is 12.3 Å². The van der Waals surface area contributed by atoms with Crippen molar-refractivity contribution in [3.05, 3.63) is 47.7 Å². The first-order chi connectivity index (χ1) is 11.8. The number of nitrogens with zero attached hydrogens (tertiary/aromatic N) is 4. The van der Waals surface area contributed by atoms with Gasteiger partial charge < -0.3 is 8.94 Å². The van der Waals surface area contributed by atoms with E-state index in [1.165, 1.54) is 0 Å². The fourth-order valence-corrected chi connectivity index (χ4v) is 3.88. The molecule has 4 aromatic heterocycles. The maximum atomic E-state index is 5.42. The summed E-state index contributed by atoms with van der Waals surface area (Å²) >= 11 is 3.22. The highest BCUT2D eigenvalue weighted by molar-refractivity contribution is 7.98. The van der Waals surface area contributed by atoms with Gasteiger partial charge in [-0.25, -0.2) is 0 Å². The molecule has 0 fully saturated rings. The average Bonchev–Trinajstić information content (AvgIpc) is 3.40. The summed E-state index contributed by atoms with van der Waals surface area (Å²) in [5.74, 6) is 2.93. The molecule has 8 heteroatoms. The molecule has 0 N–H and O–H groups in total. The maximum absolute atomic E-state index is 5.42. The van der Waals surface area contributed by atoms with Crippen LogP contribution in [0.5, 0.6) is 0 Å². The van der Waals surface area contributed by atoms with Crippen molar-refractivity contribution in [2.45, 2.75) is 24.4 Å². The summed E-state index contributed by atoms with van der Waals surface area (Å²) < 4.78 is 12.9. The molecule has 4 aromatic rings. The monoisotopic (exact) mass is 358 g/mol. The van der Waals surface area contributed by atoms with Gasteiger partial charge in [-0.15, -0.1) is 21.5 Å². The molecule has 4 heterocycles.